The molecule has 0 radical (unpaired) electrons. The zero-order valence-electron chi connectivity index (χ0n) is 12.1. The van der Waals surface area contributed by atoms with Crippen molar-refractivity contribution in [2.45, 2.75) is 59.0 Å². The minimum atomic E-state index is -3.38. The van der Waals surface area contributed by atoms with Crippen molar-refractivity contribution in [2.24, 2.45) is 11.0 Å². The maximum absolute atomic E-state index is 13.0. The number of nitrogens with one attached hydrogen (secondary N) is 1. The lowest BCUT2D eigenvalue weighted by atomic mass is 10.0. The first-order valence-corrected chi connectivity index (χ1v) is 8.15. The summed E-state index contributed by atoms with van der Waals surface area (Å²) in [5.41, 5.74) is 3.12. The Morgan fingerprint density at radius 3 is 2.26 bits per heavy atom. The van der Waals surface area contributed by atoms with Crippen molar-refractivity contribution >= 4 is 13.3 Å². The average molecular weight is 287 g/mol. The number of hydrogen-bond acceptors (Lipinski definition) is 6. The van der Waals surface area contributed by atoms with E-state index < -0.39 is 13.4 Å². The van der Waals surface area contributed by atoms with Crippen LogP contribution in [0.1, 0.15) is 41.0 Å². The van der Waals surface area contributed by atoms with Crippen LogP contribution in [0, 0.1) is 17.2 Å². The van der Waals surface area contributed by atoms with Crippen molar-refractivity contribution in [2.75, 3.05) is 0 Å². The molecule has 0 aromatic rings. The summed E-state index contributed by atoms with van der Waals surface area (Å²) < 4.78 is 24.1. The molecule has 0 aliphatic carbocycles. The molecule has 0 spiro atoms. The van der Waals surface area contributed by atoms with Crippen LogP contribution in [0.3, 0.4) is 0 Å². The second-order valence-corrected chi connectivity index (χ2v) is 7.10. The molecule has 0 aromatic heterocycles. The van der Waals surface area contributed by atoms with Crippen LogP contribution in [-0.2, 0) is 13.6 Å². The average Bonchev–Trinajstić information content (AvgIpc) is 2.69. The molecule has 7 heteroatoms. The van der Waals surface area contributed by atoms with E-state index >= 15 is 0 Å². The lowest BCUT2D eigenvalue weighted by molar-refractivity contribution is 0.131. The zero-order valence-corrected chi connectivity index (χ0v) is 13.0. The van der Waals surface area contributed by atoms with Gasteiger partial charge < -0.3 is 9.05 Å². The maximum Gasteiger partial charge on any atom is 0.355 e. The van der Waals surface area contributed by atoms with Crippen LogP contribution in [0.15, 0.2) is 5.10 Å². The summed E-state index contributed by atoms with van der Waals surface area (Å²) >= 11 is 0. The molecule has 1 aliphatic rings. The second-order valence-electron chi connectivity index (χ2n) is 5.05. The van der Waals surface area contributed by atoms with Crippen LogP contribution >= 0.6 is 7.60 Å². The summed E-state index contributed by atoms with van der Waals surface area (Å²) in [5.74, 6) is -0.828. The van der Waals surface area contributed by atoms with Gasteiger partial charge in [0.05, 0.1) is 12.2 Å². The zero-order chi connectivity index (χ0) is 14.6. The van der Waals surface area contributed by atoms with Crippen molar-refractivity contribution in [1.82, 2.24) is 5.43 Å². The van der Waals surface area contributed by atoms with Crippen molar-refractivity contribution < 1.29 is 13.6 Å². The number of rotatable bonds is 6. The number of nitriles is 1. The van der Waals surface area contributed by atoms with Crippen LogP contribution in [0.5, 0.6) is 0 Å². The first kappa shape index (κ1) is 16.2. The van der Waals surface area contributed by atoms with E-state index in [4.69, 9.17) is 14.3 Å². The monoisotopic (exact) mass is 287 g/mol. The largest absolute Gasteiger partial charge is 0.355 e. The minimum Gasteiger partial charge on any atom is -0.304 e. The third-order valence-electron chi connectivity index (χ3n) is 2.66. The van der Waals surface area contributed by atoms with E-state index in [0.717, 1.165) is 0 Å². The molecule has 0 unspecified atom stereocenters. The Labute approximate surface area is 114 Å². The van der Waals surface area contributed by atoms with E-state index in [-0.39, 0.29) is 18.1 Å². The van der Waals surface area contributed by atoms with E-state index in [1.807, 2.05) is 13.0 Å². The third-order valence-corrected chi connectivity index (χ3v) is 5.25. The molecule has 0 aromatic carbocycles. The van der Waals surface area contributed by atoms with E-state index in [2.05, 4.69) is 10.5 Å². The Hall–Kier alpha value is -0.890. The van der Waals surface area contributed by atoms with Crippen LogP contribution < -0.4 is 5.43 Å². The highest BCUT2D eigenvalue weighted by molar-refractivity contribution is 7.54. The van der Waals surface area contributed by atoms with Gasteiger partial charge in [0, 0.05) is 5.92 Å². The standard InChI is InChI=1S/C12H22N3O3P/c1-6-10-11(7-13)14-15-12(10)19(16,17-8(2)3)18-9(4)5/h8-10,12,15H,6H2,1-5H3/t10-,12+/m0/s1. The minimum absolute atomic E-state index is 0.227. The molecule has 1 N–H and O–H groups in total. The summed E-state index contributed by atoms with van der Waals surface area (Å²) in [4.78, 5) is 0. The van der Waals surface area contributed by atoms with Gasteiger partial charge in [0.15, 0.2) is 5.78 Å². The molecule has 0 saturated carbocycles. The quantitative estimate of drug-likeness (QED) is 0.759. The maximum atomic E-state index is 13.0. The molecule has 1 rings (SSSR count). The molecule has 0 saturated heterocycles. The van der Waals surface area contributed by atoms with Gasteiger partial charge in [-0.3, -0.25) is 9.99 Å². The highest BCUT2D eigenvalue weighted by Crippen LogP contribution is 2.57. The van der Waals surface area contributed by atoms with E-state index in [0.29, 0.717) is 12.1 Å². The third kappa shape index (κ3) is 3.79. The molecular formula is C12H22N3O3P. The normalized spacial score (nSPS) is 23.4. The smallest absolute Gasteiger partial charge is 0.304 e. The van der Waals surface area contributed by atoms with E-state index in [9.17, 15) is 4.57 Å². The lowest BCUT2D eigenvalue weighted by Gasteiger charge is -2.29. The SMILES string of the molecule is CC[C@H]1C(C#N)=NN[C@@H]1P(=O)(OC(C)C)OC(C)C. The Bertz CT molecular complexity index is 414. The highest BCUT2D eigenvalue weighted by Gasteiger charge is 2.47. The number of hydrazone groups is 1. The molecule has 0 fully saturated rings. The summed E-state index contributed by atoms with van der Waals surface area (Å²) in [6, 6.07) is 2.03. The van der Waals surface area contributed by atoms with Gasteiger partial charge in [0.2, 0.25) is 0 Å². The van der Waals surface area contributed by atoms with E-state index in [1.54, 1.807) is 27.7 Å². The van der Waals surface area contributed by atoms with Gasteiger partial charge in [0.25, 0.3) is 0 Å². The summed E-state index contributed by atoms with van der Waals surface area (Å²) in [7, 11) is -3.38. The molecule has 108 valence electrons. The van der Waals surface area contributed by atoms with Gasteiger partial charge in [-0.05, 0) is 34.1 Å². The molecular weight excluding hydrogens is 265 g/mol. The topological polar surface area (TPSA) is 83.7 Å². The van der Waals surface area contributed by atoms with Crippen molar-refractivity contribution in [1.29, 1.82) is 5.26 Å². The molecule has 2 atom stereocenters. The second kappa shape index (κ2) is 6.51. The van der Waals surface area contributed by atoms with Gasteiger partial charge in [-0.1, -0.05) is 6.92 Å². The fraction of sp³-hybridized carbons (Fsp3) is 0.833. The molecule has 6 nitrogen and oxygen atoms in total. The molecule has 1 aliphatic heterocycles. The van der Waals surface area contributed by atoms with E-state index in [1.165, 1.54) is 0 Å². The highest BCUT2D eigenvalue weighted by atomic mass is 31.2. The van der Waals surface area contributed by atoms with Crippen LogP contribution in [0.25, 0.3) is 0 Å². The fourth-order valence-electron chi connectivity index (χ4n) is 2.02. The van der Waals surface area contributed by atoms with Crippen LogP contribution in [0.2, 0.25) is 0 Å². The molecule has 19 heavy (non-hydrogen) atoms. The van der Waals surface area contributed by atoms with Crippen molar-refractivity contribution in [3.63, 3.8) is 0 Å². The van der Waals surface area contributed by atoms with Crippen LogP contribution in [0.4, 0.5) is 0 Å². The molecule has 0 bridgehead atoms. The Morgan fingerprint density at radius 1 is 1.37 bits per heavy atom. The Kier molecular flexibility index (Phi) is 5.54. The number of nitrogens with zero attached hydrogens (tertiary/aromatic N) is 2. The van der Waals surface area contributed by atoms with Gasteiger partial charge >= 0.3 is 7.60 Å². The fourth-order valence-corrected chi connectivity index (χ4v) is 4.50. The van der Waals surface area contributed by atoms with Crippen LogP contribution in [-0.4, -0.2) is 23.7 Å². The number of hydrogen-bond donors (Lipinski definition) is 1. The van der Waals surface area contributed by atoms with Gasteiger partial charge in [-0.2, -0.15) is 10.4 Å². The van der Waals surface area contributed by atoms with Gasteiger partial charge in [0.1, 0.15) is 11.8 Å². The first-order valence-electron chi connectivity index (χ1n) is 6.53. The first-order chi connectivity index (χ1) is 8.84. The summed E-state index contributed by atoms with van der Waals surface area (Å²) in [6.07, 6.45) is 0.196. The summed E-state index contributed by atoms with van der Waals surface area (Å²) in [5, 5.41) is 13.0. The lowest BCUT2D eigenvalue weighted by Crippen LogP contribution is -2.32. The van der Waals surface area contributed by atoms with Gasteiger partial charge in [-0.25, -0.2) is 0 Å². The predicted molar refractivity (Wildman–Crippen MR) is 73.8 cm³/mol. The predicted octanol–water partition coefficient (Wildman–Crippen LogP) is 2.86. The Balaban J connectivity index is 3.00. The molecule has 1 heterocycles. The van der Waals surface area contributed by atoms with Gasteiger partial charge in [-0.15, -0.1) is 0 Å². The molecule has 0 amide bonds. The summed E-state index contributed by atoms with van der Waals surface area (Å²) in [6.45, 7) is 9.14. The van der Waals surface area contributed by atoms with Crippen molar-refractivity contribution in [3.05, 3.63) is 0 Å². The Morgan fingerprint density at radius 2 is 1.89 bits per heavy atom. The van der Waals surface area contributed by atoms with Crippen molar-refractivity contribution in [3.8, 4) is 6.07 Å².